The Bertz CT molecular complexity index is 1060. The second-order valence-corrected chi connectivity index (χ2v) is 6.41. The van der Waals surface area contributed by atoms with E-state index in [4.69, 9.17) is 21.4 Å². The molecule has 130 valence electrons. The van der Waals surface area contributed by atoms with Crippen LogP contribution in [0.2, 0.25) is 5.02 Å². The van der Waals surface area contributed by atoms with Gasteiger partial charge in [0.2, 0.25) is 0 Å². The van der Waals surface area contributed by atoms with Gasteiger partial charge in [0.15, 0.2) is 0 Å². The zero-order chi connectivity index (χ0) is 18.1. The molecule has 0 N–H and O–H groups in total. The van der Waals surface area contributed by atoms with Crippen molar-refractivity contribution in [2.45, 2.75) is 6.54 Å². The summed E-state index contributed by atoms with van der Waals surface area (Å²) in [5, 5.41) is 5.56. The van der Waals surface area contributed by atoms with Crippen LogP contribution in [0.3, 0.4) is 0 Å². The molecule has 0 aliphatic carbocycles. The summed E-state index contributed by atoms with van der Waals surface area (Å²) in [5.74, 6) is 0.309. The van der Waals surface area contributed by atoms with Gasteiger partial charge in [-0.3, -0.25) is 4.68 Å². The molecule has 0 radical (unpaired) electrons. The number of fused-ring (bicyclic) bond motifs is 1. The van der Waals surface area contributed by atoms with Gasteiger partial charge in [-0.15, -0.1) is 0 Å². The number of ether oxygens (including phenoxy) is 1. The van der Waals surface area contributed by atoms with Gasteiger partial charge in [0.1, 0.15) is 17.3 Å². The molecule has 1 heterocycles. The van der Waals surface area contributed by atoms with E-state index >= 15 is 0 Å². The van der Waals surface area contributed by atoms with Crippen molar-refractivity contribution in [3.63, 3.8) is 0 Å². The maximum atomic E-state index is 14.1. The molecule has 0 fully saturated rings. The van der Waals surface area contributed by atoms with E-state index in [1.807, 2.05) is 59.3 Å². The smallest absolute Gasteiger partial charge is 0.142 e. The second kappa shape index (κ2) is 6.81. The molecule has 0 saturated carbocycles. The molecule has 0 atom stereocenters. The molecule has 0 aliphatic heterocycles. The van der Waals surface area contributed by atoms with E-state index in [2.05, 4.69) is 0 Å². The predicted octanol–water partition coefficient (Wildman–Crippen LogP) is 5.55. The van der Waals surface area contributed by atoms with Gasteiger partial charge < -0.3 is 4.74 Å². The number of benzene rings is 3. The highest BCUT2D eigenvalue weighted by molar-refractivity contribution is 6.31. The van der Waals surface area contributed by atoms with Crippen LogP contribution in [-0.4, -0.2) is 16.9 Å². The van der Waals surface area contributed by atoms with Gasteiger partial charge in [-0.1, -0.05) is 41.9 Å². The summed E-state index contributed by atoms with van der Waals surface area (Å²) in [6, 6.07) is 20.7. The molecular weight excluding hydrogens is 351 g/mol. The van der Waals surface area contributed by atoms with Crippen LogP contribution in [0, 0.1) is 5.82 Å². The first-order chi connectivity index (χ1) is 12.7. The molecule has 26 heavy (non-hydrogen) atoms. The zero-order valence-corrected chi connectivity index (χ0v) is 14.9. The summed E-state index contributed by atoms with van der Waals surface area (Å²) in [4.78, 5) is 0. The van der Waals surface area contributed by atoms with Crippen LogP contribution < -0.4 is 4.74 Å². The number of aromatic nitrogens is 2. The highest BCUT2D eigenvalue weighted by atomic mass is 35.5. The lowest BCUT2D eigenvalue weighted by molar-refractivity contribution is 0.415. The van der Waals surface area contributed by atoms with E-state index in [-0.39, 0.29) is 5.02 Å². The van der Waals surface area contributed by atoms with Crippen LogP contribution in [0.1, 0.15) is 5.56 Å². The third-order valence-corrected chi connectivity index (χ3v) is 4.62. The lowest BCUT2D eigenvalue weighted by Gasteiger charge is -2.04. The van der Waals surface area contributed by atoms with Crippen molar-refractivity contribution in [2.75, 3.05) is 7.11 Å². The highest BCUT2D eigenvalue weighted by Crippen LogP contribution is 2.32. The van der Waals surface area contributed by atoms with E-state index < -0.39 is 5.82 Å². The first-order valence-electron chi connectivity index (χ1n) is 8.19. The molecule has 1 aromatic heterocycles. The lowest BCUT2D eigenvalue weighted by Crippen LogP contribution is -2.01. The normalized spacial score (nSPS) is 11.0. The minimum absolute atomic E-state index is 0.0907. The zero-order valence-electron chi connectivity index (χ0n) is 14.1. The Kier molecular flexibility index (Phi) is 4.35. The number of hydrogen-bond acceptors (Lipinski definition) is 2. The third-order valence-electron chi connectivity index (χ3n) is 4.33. The van der Waals surface area contributed by atoms with Crippen LogP contribution in [0.5, 0.6) is 5.75 Å². The first kappa shape index (κ1) is 16.6. The fraction of sp³-hybridized carbons (Fsp3) is 0.0952. The van der Waals surface area contributed by atoms with E-state index in [1.54, 1.807) is 13.2 Å². The Balaban J connectivity index is 1.88. The number of halogens is 2. The molecule has 0 saturated heterocycles. The van der Waals surface area contributed by atoms with Crippen molar-refractivity contribution in [1.29, 1.82) is 0 Å². The maximum absolute atomic E-state index is 14.1. The average molecular weight is 367 g/mol. The summed E-state index contributed by atoms with van der Waals surface area (Å²) >= 11 is 6.02. The SMILES string of the molecule is COc1ccc(-c2nn(Cc3ccccc3)c3cc(Cl)c(F)cc23)cc1. The average Bonchev–Trinajstić information content (AvgIpc) is 3.00. The van der Waals surface area contributed by atoms with Crippen molar-refractivity contribution in [3.8, 4) is 17.0 Å². The maximum Gasteiger partial charge on any atom is 0.142 e. The van der Waals surface area contributed by atoms with E-state index in [9.17, 15) is 4.39 Å². The van der Waals surface area contributed by atoms with Crippen LogP contribution in [-0.2, 0) is 6.54 Å². The molecule has 0 aliphatic rings. The van der Waals surface area contributed by atoms with E-state index in [0.29, 0.717) is 12.2 Å². The van der Waals surface area contributed by atoms with Crippen molar-refractivity contribution < 1.29 is 9.13 Å². The van der Waals surface area contributed by atoms with Gasteiger partial charge in [-0.25, -0.2) is 4.39 Å². The first-order valence-corrected chi connectivity index (χ1v) is 8.57. The number of hydrogen-bond donors (Lipinski definition) is 0. The minimum Gasteiger partial charge on any atom is -0.497 e. The van der Waals surface area contributed by atoms with Gasteiger partial charge in [0.05, 0.1) is 24.2 Å². The fourth-order valence-corrected chi connectivity index (χ4v) is 3.16. The van der Waals surface area contributed by atoms with Crippen LogP contribution in [0.25, 0.3) is 22.2 Å². The molecule has 0 spiro atoms. The van der Waals surface area contributed by atoms with Crippen molar-refractivity contribution in [2.24, 2.45) is 0 Å². The van der Waals surface area contributed by atoms with Crippen molar-refractivity contribution in [3.05, 3.63) is 83.1 Å². The molecule has 3 nitrogen and oxygen atoms in total. The third kappa shape index (κ3) is 3.04. The summed E-state index contributed by atoms with van der Waals surface area (Å²) in [7, 11) is 1.62. The van der Waals surface area contributed by atoms with Crippen LogP contribution in [0.15, 0.2) is 66.7 Å². The van der Waals surface area contributed by atoms with E-state index in [1.165, 1.54) is 6.07 Å². The lowest BCUT2D eigenvalue weighted by atomic mass is 10.1. The predicted molar refractivity (Wildman–Crippen MR) is 102 cm³/mol. The Morgan fingerprint density at radius 1 is 1.04 bits per heavy atom. The monoisotopic (exact) mass is 366 g/mol. The summed E-state index contributed by atoms with van der Waals surface area (Å²) in [6.45, 7) is 0.579. The standard InChI is InChI=1S/C21H16ClFN2O/c1-26-16-9-7-15(8-10-16)21-17-11-19(23)18(22)12-20(17)25(24-21)13-14-5-3-2-4-6-14/h2-12H,13H2,1H3. The van der Waals surface area contributed by atoms with Crippen molar-refractivity contribution in [1.82, 2.24) is 9.78 Å². The molecule has 4 rings (SSSR count). The summed E-state index contributed by atoms with van der Waals surface area (Å²) in [5.41, 5.74) is 3.52. The summed E-state index contributed by atoms with van der Waals surface area (Å²) < 4.78 is 21.2. The van der Waals surface area contributed by atoms with Gasteiger partial charge in [0, 0.05) is 10.9 Å². The topological polar surface area (TPSA) is 27.1 Å². The Morgan fingerprint density at radius 2 is 1.77 bits per heavy atom. The molecule has 4 aromatic rings. The van der Waals surface area contributed by atoms with Gasteiger partial charge in [-0.05, 0) is 42.0 Å². The molecule has 0 amide bonds. The van der Waals surface area contributed by atoms with Gasteiger partial charge in [0.25, 0.3) is 0 Å². The molecule has 3 aromatic carbocycles. The Hall–Kier alpha value is -2.85. The second-order valence-electron chi connectivity index (χ2n) is 6.00. The largest absolute Gasteiger partial charge is 0.497 e. The summed E-state index contributed by atoms with van der Waals surface area (Å²) in [6.07, 6.45) is 0. The number of methoxy groups -OCH3 is 1. The van der Waals surface area contributed by atoms with Gasteiger partial charge >= 0.3 is 0 Å². The molecular formula is C21H16ClFN2O. The highest BCUT2D eigenvalue weighted by Gasteiger charge is 2.16. The fourth-order valence-electron chi connectivity index (χ4n) is 3.01. The van der Waals surface area contributed by atoms with Crippen molar-refractivity contribution >= 4 is 22.5 Å². The number of nitrogens with zero attached hydrogens (tertiary/aromatic N) is 2. The van der Waals surface area contributed by atoms with Crippen LogP contribution >= 0.6 is 11.6 Å². The quantitative estimate of drug-likeness (QED) is 0.473. The van der Waals surface area contributed by atoms with E-state index in [0.717, 1.165) is 27.8 Å². The Labute approximate surface area is 155 Å². The molecule has 0 unspecified atom stereocenters. The minimum atomic E-state index is -0.451. The Morgan fingerprint density at radius 3 is 2.46 bits per heavy atom. The van der Waals surface area contributed by atoms with Crippen LogP contribution in [0.4, 0.5) is 4.39 Å². The molecule has 0 bridgehead atoms. The molecule has 5 heteroatoms. The number of rotatable bonds is 4. The van der Waals surface area contributed by atoms with Gasteiger partial charge in [-0.2, -0.15) is 5.10 Å².